The van der Waals surface area contributed by atoms with Crippen molar-refractivity contribution in [1.29, 1.82) is 0 Å². The van der Waals surface area contributed by atoms with E-state index in [1.165, 1.54) is 18.2 Å². The predicted octanol–water partition coefficient (Wildman–Crippen LogP) is 15.1. The minimum atomic E-state index is -4.83. The van der Waals surface area contributed by atoms with Gasteiger partial charge in [0.2, 0.25) is 0 Å². The molecule has 0 radical (unpaired) electrons. The Hall–Kier alpha value is -6.50. The quantitative estimate of drug-likeness (QED) is 0.104. The molecular weight excluding hydrogens is 782 g/mol. The standard InChI is InChI=1S/C45H27F12N/c46-40-25-31(13-22-37(40)43(49,50)51)4-1-28-7-16-34(17-8-28)58(35-18-9-29(10-19-35)2-5-32-14-23-38(41(47)26-32)44(52,53)54)36-20-11-30(12-21-36)3-6-33-15-24-39(42(48)27-33)45(55,56)57/h1-27H/b4-1+,5-2+,6-3+. The first-order chi connectivity index (χ1) is 27.3. The molecule has 0 amide bonds. The summed E-state index contributed by atoms with van der Waals surface area (Å²) in [7, 11) is 0. The zero-order chi connectivity index (χ0) is 41.8. The summed E-state index contributed by atoms with van der Waals surface area (Å²) in [6, 6.07) is 28.9. The van der Waals surface area contributed by atoms with Gasteiger partial charge in [-0.3, -0.25) is 0 Å². The van der Waals surface area contributed by atoms with Crippen molar-refractivity contribution in [3.8, 4) is 0 Å². The lowest BCUT2D eigenvalue weighted by Crippen LogP contribution is -2.09. The van der Waals surface area contributed by atoms with Crippen LogP contribution in [0.15, 0.2) is 127 Å². The van der Waals surface area contributed by atoms with Crippen LogP contribution in [0.4, 0.5) is 69.7 Å². The van der Waals surface area contributed by atoms with Crippen molar-refractivity contribution in [2.75, 3.05) is 4.90 Å². The van der Waals surface area contributed by atoms with Gasteiger partial charge in [-0.1, -0.05) is 91.1 Å². The molecule has 0 heterocycles. The summed E-state index contributed by atoms with van der Waals surface area (Å²) in [5, 5.41) is 0. The van der Waals surface area contributed by atoms with Crippen LogP contribution in [0.1, 0.15) is 50.1 Å². The van der Waals surface area contributed by atoms with E-state index in [-0.39, 0.29) is 16.7 Å². The maximum Gasteiger partial charge on any atom is 0.419 e. The average Bonchev–Trinajstić information content (AvgIpc) is 3.15. The Kier molecular flexibility index (Phi) is 11.7. The van der Waals surface area contributed by atoms with Gasteiger partial charge in [-0.15, -0.1) is 0 Å². The lowest BCUT2D eigenvalue weighted by molar-refractivity contribution is -0.140. The molecule has 0 unspecified atom stereocenters. The number of hydrogen-bond acceptors (Lipinski definition) is 1. The molecule has 0 N–H and O–H groups in total. The summed E-state index contributed by atoms with van der Waals surface area (Å²) in [5.74, 6) is -4.19. The lowest BCUT2D eigenvalue weighted by atomic mass is 10.1. The zero-order valence-electron chi connectivity index (χ0n) is 29.6. The summed E-state index contributed by atoms with van der Waals surface area (Å²) >= 11 is 0. The molecule has 296 valence electrons. The third-order valence-corrected chi connectivity index (χ3v) is 8.75. The number of halogens is 12. The highest BCUT2D eigenvalue weighted by molar-refractivity contribution is 5.80. The van der Waals surface area contributed by atoms with E-state index in [9.17, 15) is 52.7 Å². The highest BCUT2D eigenvalue weighted by Crippen LogP contribution is 2.37. The maximum atomic E-state index is 14.1. The van der Waals surface area contributed by atoms with Crippen molar-refractivity contribution in [3.05, 3.63) is 195 Å². The van der Waals surface area contributed by atoms with Crippen LogP contribution < -0.4 is 4.90 Å². The van der Waals surface area contributed by atoms with Gasteiger partial charge in [-0.25, -0.2) is 13.2 Å². The molecule has 6 aromatic carbocycles. The van der Waals surface area contributed by atoms with E-state index in [2.05, 4.69) is 0 Å². The van der Waals surface area contributed by atoms with Gasteiger partial charge in [0.25, 0.3) is 0 Å². The van der Waals surface area contributed by atoms with E-state index in [0.29, 0.717) is 52.0 Å². The van der Waals surface area contributed by atoms with Crippen LogP contribution in [-0.4, -0.2) is 0 Å². The molecule has 0 spiro atoms. The maximum absolute atomic E-state index is 14.1. The Balaban J connectivity index is 1.27. The molecule has 6 rings (SSSR count). The van der Waals surface area contributed by atoms with Crippen molar-refractivity contribution in [3.63, 3.8) is 0 Å². The van der Waals surface area contributed by atoms with Crippen molar-refractivity contribution in [2.24, 2.45) is 0 Å². The number of benzene rings is 6. The van der Waals surface area contributed by atoms with Gasteiger partial charge >= 0.3 is 18.5 Å². The molecule has 0 saturated carbocycles. The van der Waals surface area contributed by atoms with Crippen LogP contribution in [0.5, 0.6) is 0 Å². The van der Waals surface area contributed by atoms with Gasteiger partial charge in [-0.05, 0) is 106 Å². The van der Waals surface area contributed by atoms with E-state index < -0.39 is 52.7 Å². The molecule has 0 aromatic heterocycles. The molecule has 0 atom stereocenters. The molecule has 0 aliphatic carbocycles. The van der Waals surface area contributed by atoms with Crippen molar-refractivity contribution in [1.82, 2.24) is 0 Å². The van der Waals surface area contributed by atoms with Gasteiger partial charge in [0.15, 0.2) is 0 Å². The molecule has 58 heavy (non-hydrogen) atoms. The van der Waals surface area contributed by atoms with Gasteiger partial charge in [-0.2, -0.15) is 39.5 Å². The van der Waals surface area contributed by atoms with Crippen LogP contribution in [-0.2, 0) is 18.5 Å². The lowest BCUT2D eigenvalue weighted by Gasteiger charge is -2.26. The fourth-order valence-corrected chi connectivity index (χ4v) is 5.82. The summed E-state index contributed by atoms with van der Waals surface area (Å²) < 4.78 is 159. The van der Waals surface area contributed by atoms with Crippen LogP contribution in [0.25, 0.3) is 36.5 Å². The van der Waals surface area contributed by atoms with Crippen molar-refractivity contribution in [2.45, 2.75) is 18.5 Å². The molecule has 1 nitrogen and oxygen atoms in total. The van der Waals surface area contributed by atoms with E-state index in [1.54, 1.807) is 91.0 Å². The average molecular weight is 810 g/mol. The topological polar surface area (TPSA) is 3.24 Å². The minimum Gasteiger partial charge on any atom is -0.311 e. The normalized spacial score (nSPS) is 12.6. The van der Waals surface area contributed by atoms with Gasteiger partial charge in [0, 0.05) is 17.1 Å². The highest BCUT2D eigenvalue weighted by Gasteiger charge is 2.35. The molecular formula is C45H27F12N. The Bertz CT molecular complexity index is 2190. The third kappa shape index (κ3) is 10.1. The smallest absolute Gasteiger partial charge is 0.311 e. The van der Waals surface area contributed by atoms with E-state index in [1.807, 2.05) is 4.90 Å². The first-order valence-corrected chi connectivity index (χ1v) is 17.1. The second-order valence-corrected chi connectivity index (χ2v) is 12.8. The second-order valence-electron chi connectivity index (χ2n) is 12.8. The van der Waals surface area contributed by atoms with Crippen LogP contribution in [0, 0.1) is 17.5 Å². The van der Waals surface area contributed by atoms with Crippen LogP contribution in [0.2, 0.25) is 0 Å². The zero-order valence-corrected chi connectivity index (χ0v) is 29.6. The summed E-state index contributed by atoms with van der Waals surface area (Å²) in [5.41, 5.74) is 0.436. The Labute approximate surface area is 324 Å². The number of nitrogens with zero attached hydrogens (tertiary/aromatic N) is 1. The largest absolute Gasteiger partial charge is 0.419 e. The SMILES string of the molecule is Fc1cc(/C=C/c2ccc(N(c3ccc(/C=C/c4ccc(C(F)(F)F)c(F)c4)cc3)c3ccc(/C=C/c4ccc(C(F)(F)F)c(F)c4)cc3)cc2)ccc1C(F)(F)F. The number of hydrogen-bond donors (Lipinski definition) is 0. The van der Waals surface area contributed by atoms with Gasteiger partial charge in [0.05, 0.1) is 16.7 Å². The van der Waals surface area contributed by atoms with E-state index >= 15 is 0 Å². The van der Waals surface area contributed by atoms with Crippen LogP contribution in [0.3, 0.4) is 0 Å². The first-order valence-electron chi connectivity index (χ1n) is 17.1. The fourth-order valence-electron chi connectivity index (χ4n) is 5.82. The van der Waals surface area contributed by atoms with Crippen LogP contribution >= 0.6 is 0 Å². The van der Waals surface area contributed by atoms with Crippen molar-refractivity contribution < 1.29 is 52.7 Å². The molecule has 0 fully saturated rings. The van der Waals surface area contributed by atoms with Gasteiger partial charge < -0.3 is 4.90 Å². The van der Waals surface area contributed by atoms with E-state index in [0.717, 1.165) is 36.4 Å². The van der Waals surface area contributed by atoms with E-state index in [4.69, 9.17) is 0 Å². The fraction of sp³-hybridized carbons (Fsp3) is 0.0667. The van der Waals surface area contributed by atoms with Gasteiger partial charge in [0.1, 0.15) is 17.5 Å². The summed E-state index contributed by atoms with van der Waals surface area (Å²) in [6.07, 6.45) is -5.28. The molecule has 0 aliphatic rings. The Morgan fingerprint density at radius 2 is 0.500 bits per heavy atom. The number of rotatable bonds is 9. The predicted molar refractivity (Wildman–Crippen MR) is 202 cm³/mol. The molecule has 0 aliphatic heterocycles. The molecule has 0 bridgehead atoms. The summed E-state index contributed by atoms with van der Waals surface area (Å²) in [6.45, 7) is 0. The number of anilines is 3. The van der Waals surface area contributed by atoms with Crippen molar-refractivity contribution >= 4 is 53.5 Å². The highest BCUT2D eigenvalue weighted by atomic mass is 19.4. The monoisotopic (exact) mass is 809 g/mol. The third-order valence-electron chi connectivity index (χ3n) is 8.75. The number of alkyl halides is 9. The summed E-state index contributed by atoms with van der Waals surface area (Å²) in [4.78, 5) is 1.87. The Morgan fingerprint density at radius 1 is 0.293 bits per heavy atom. The minimum absolute atomic E-state index is 0.214. The molecule has 13 heteroatoms. The molecule has 6 aromatic rings. The molecule has 0 saturated heterocycles. The Morgan fingerprint density at radius 3 is 0.707 bits per heavy atom. The second kappa shape index (κ2) is 16.5. The first kappa shape index (κ1) is 41.1.